The topological polar surface area (TPSA) is 116 Å². The lowest BCUT2D eigenvalue weighted by atomic mass is 10.1. The zero-order chi connectivity index (χ0) is 23.1. The number of rotatable bonds is 6. The number of methoxy groups -OCH3 is 4. The van der Waals surface area contributed by atoms with E-state index in [-0.39, 0.29) is 5.69 Å². The highest BCUT2D eigenvalue weighted by Crippen LogP contribution is 2.40. The van der Waals surface area contributed by atoms with E-state index >= 15 is 0 Å². The Bertz CT molecular complexity index is 1520. The van der Waals surface area contributed by atoms with Crippen molar-refractivity contribution in [3.05, 3.63) is 53.1 Å². The minimum atomic E-state index is -0.339. The van der Waals surface area contributed by atoms with Crippen LogP contribution < -0.4 is 24.6 Å². The SMILES string of the molecule is COc1cc2cc(-n3c(=O)[nH]c4ncc(-c5cc(OC)c(OC)c(OC)c5)nc43)ccc2[nH]1. The van der Waals surface area contributed by atoms with Crippen molar-refractivity contribution in [2.24, 2.45) is 0 Å². The lowest BCUT2D eigenvalue weighted by molar-refractivity contribution is 0.324. The molecule has 3 heterocycles. The van der Waals surface area contributed by atoms with Gasteiger partial charge in [-0.1, -0.05) is 0 Å². The van der Waals surface area contributed by atoms with Gasteiger partial charge in [-0.05, 0) is 30.3 Å². The number of hydrogen-bond acceptors (Lipinski definition) is 7. The molecule has 0 atom stereocenters. The van der Waals surface area contributed by atoms with Crippen LogP contribution in [0.2, 0.25) is 0 Å². The summed E-state index contributed by atoms with van der Waals surface area (Å²) in [5.74, 6) is 2.10. The fraction of sp³-hybridized carbons (Fsp3) is 0.174. The predicted molar refractivity (Wildman–Crippen MR) is 123 cm³/mol. The van der Waals surface area contributed by atoms with Crippen molar-refractivity contribution in [1.82, 2.24) is 24.5 Å². The molecule has 5 aromatic rings. The third kappa shape index (κ3) is 3.32. The van der Waals surface area contributed by atoms with Gasteiger partial charge in [-0.3, -0.25) is 4.98 Å². The van der Waals surface area contributed by atoms with Crippen LogP contribution in [0.3, 0.4) is 0 Å². The molecule has 0 unspecified atom stereocenters. The lowest BCUT2D eigenvalue weighted by Gasteiger charge is -2.14. The van der Waals surface area contributed by atoms with Gasteiger partial charge in [0.15, 0.2) is 28.7 Å². The van der Waals surface area contributed by atoms with Crippen molar-refractivity contribution in [2.45, 2.75) is 0 Å². The second kappa shape index (κ2) is 7.90. The van der Waals surface area contributed by atoms with E-state index in [1.54, 1.807) is 46.8 Å². The van der Waals surface area contributed by atoms with Crippen molar-refractivity contribution in [1.29, 1.82) is 0 Å². The number of hydrogen-bond donors (Lipinski definition) is 2. The Labute approximate surface area is 187 Å². The number of aromatic nitrogens is 5. The Balaban J connectivity index is 1.68. The number of nitrogens with zero attached hydrogens (tertiary/aromatic N) is 3. The summed E-state index contributed by atoms with van der Waals surface area (Å²) < 4.78 is 23.0. The average molecular weight is 447 g/mol. The minimum Gasteiger partial charge on any atom is -0.493 e. The summed E-state index contributed by atoms with van der Waals surface area (Å²) >= 11 is 0. The van der Waals surface area contributed by atoms with E-state index in [1.807, 2.05) is 24.3 Å². The van der Waals surface area contributed by atoms with Gasteiger partial charge < -0.3 is 23.9 Å². The highest BCUT2D eigenvalue weighted by molar-refractivity contribution is 5.84. The molecule has 10 heteroatoms. The Kier molecular flexibility index (Phi) is 4.89. The largest absolute Gasteiger partial charge is 0.493 e. The van der Waals surface area contributed by atoms with Gasteiger partial charge in [-0.15, -0.1) is 0 Å². The van der Waals surface area contributed by atoms with Gasteiger partial charge in [0.05, 0.1) is 46.0 Å². The van der Waals surface area contributed by atoms with Gasteiger partial charge in [-0.25, -0.2) is 19.3 Å². The molecule has 0 saturated heterocycles. The number of benzene rings is 2. The maximum absolute atomic E-state index is 12.8. The molecular formula is C23H21N5O5. The molecule has 0 aliphatic heterocycles. The minimum absolute atomic E-state index is 0.339. The maximum Gasteiger partial charge on any atom is 0.333 e. The lowest BCUT2D eigenvalue weighted by Crippen LogP contribution is -2.14. The Hall–Kier alpha value is -4.47. The molecule has 33 heavy (non-hydrogen) atoms. The van der Waals surface area contributed by atoms with Crippen molar-refractivity contribution >= 4 is 22.2 Å². The Morgan fingerprint density at radius 1 is 0.879 bits per heavy atom. The Morgan fingerprint density at radius 3 is 2.30 bits per heavy atom. The fourth-order valence-electron chi connectivity index (χ4n) is 3.83. The van der Waals surface area contributed by atoms with E-state index in [9.17, 15) is 4.79 Å². The zero-order valence-electron chi connectivity index (χ0n) is 18.4. The number of aromatic amines is 2. The fourth-order valence-corrected chi connectivity index (χ4v) is 3.83. The quantitative estimate of drug-likeness (QED) is 0.410. The smallest absolute Gasteiger partial charge is 0.333 e. The molecule has 2 N–H and O–H groups in total. The summed E-state index contributed by atoms with van der Waals surface area (Å²) in [4.78, 5) is 27.9. The van der Waals surface area contributed by atoms with Gasteiger partial charge in [-0.2, -0.15) is 0 Å². The monoisotopic (exact) mass is 447 g/mol. The number of nitrogens with one attached hydrogen (secondary N) is 2. The van der Waals surface area contributed by atoms with Gasteiger partial charge in [0.25, 0.3) is 0 Å². The molecule has 10 nitrogen and oxygen atoms in total. The molecule has 0 fully saturated rings. The highest BCUT2D eigenvalue weighted by atomic mass is 16.5. The summed E-state index contributed by atoms with van der Waals surface area (Å²) in [6.45, 7) is 0. The molecule has 0 bridgehead atoms. The summed E-state index contributed by atoms with van der Waals surface area (Å²) in [5.41, 5.74) is 3.22. The van der Waals surface area contributed by atoms with E-state index in [0.29, 0.717) is 51.4 Å². The molecular weight excluding hydrogens is 426 g/mol. The second-order valence-corrected chi connectivity index (χ2v) is 7.22. The van der Waals surface area contributed by atoms with E-state index in [2.05, 4.69) is 15.0 Å². The van der Waals surface area contributed by atoms with Crippen LogP contribution in [0.5, 0.6) is 23.1 Å². The maximum atomic E-state index is 12.8. The first-order chi connectivity index (χ1) is 16.1. The molecule has 0 aliphatic rings. The molecule has 0 aliphatic carbocycles. The van der Waals surface area contributed by atoms with E-state index in [0.717, 1.165) is 10.9 Å². The molecule has 3 aromatic heterocycles. The van der Waals surface area contributed by atoms with Gasteiger partial charge >= 0.3 is 5.69 Å². The Morgan fingerprint density at radius 2 is 1.64 bits per heavy atom. The van der Waals surface area contributed by atoms with Crippen LogP contribution in [0, 0.1) is 0 Å². The van der Waals surface area contributed by atoms with Crippen LogP contribution in [-0.4, -0.2) is 52.9 Å². The molecule has 0 radical (unpaired) electrons. The predicted octanol–water partition coefficient (Wildman–Crippen LogP) is 3.29. The third-order valence-electron chi connectivity index (χ3n) is 5.41. The summed E-state index contributed by atoms with van der Waals surface area (Å²) in [6, 6.07) is 11.0. The van der Waals surface area contributed by atoms with Crippen LogP contribution >= 0.6 is 0 Å². The van der Waals surface area contributed by atoms with Crippen LogP contribution in [0.4, 0.5) is 0 Å². The van der Waals surface area contributed by atoms with Crippen LogP contribution in [0.1, 0.15) is 0 Å². The van der Waals surface area contributed by atoms with Crippen LogP contribution in [0.15, 0.2) is 47.4 Å². The number of imidazole rings is 1. The van der Waals surface area contributed by atoms with E-state index in [1.165, 1.54) is 4.57 Å². The first kappa shape index (κ1) is 20.4. The highest BCUT2D eigenvalue weighted by Gasteiger charge is 2.18. The first-order valence-corrected chi connectivity index (χ1v) is 10.0. The van der Waals surface area contributed by atoms with Crippen LogP contribution in [0.25, 0.3) is 39.1 Å². The summed E-state index contributed by atoms with van der Waals surface area (Å²) in [7, 11) is 6.23. The van der Waals surface area contributed by atoms with E-state index < -0.39 is 0 Å². The normalized spacial score (nSPS) is 11.2. The van der Waals surface area contributed by atoms with Crippen molar-refractivity contribution in [3.8, 4) is 40.1 Å². The first-order valence-electron chi connectivity index (χ1n) is 10.0. The summed E-state index contributed by atoms with van der Waals surface area (Å²) in [6.07, 6.45) is 1.59. The van der Waals surface area contributed by atoms with Crippen molar-refractivity contribution in [3.63, 3.8) is 0 Å². The molecule has 2 aromatic carbocycles. The molecule has 0 amide bonds. The standard InChI is InChI=1S/C23H21N5O5/c1-30-17-8-13(9-18(31-2)20(17)33-4)16-11-24-21-22(26-16)28(23(29)27-21)14-5-6-15-12(7-14)10-19(25-15)32-3/h5-11,25H,1-4H3,(H,24,27,29). The molecule has 168 valence electrons. The van der Waals surface area contributed by atoms with Crippen molar-refractivity contribution < 1.29 is 18.9 Å². The molecule has 0 spiro atoms. The second-order valence-electron chi connectivity index (χ2n) is 7.22. The van der Waals surface area contributed by atoms with Gasteiger partial charge in [0, 0.05) is 22.5 Å². The zero-order valence-corrected chi connectivity index (χ0v) is 18.4. The number of H-pyrrole nitrogens is 2. The molecule has 0 saturated carbocycles. The summed E-state index contributed by atoms with van der Waals surface area (Å²) in [5, 5.41) is 0.902. The van der Waals surface area contributed by atoms with Gasteiger partial charge in [0.2, 0.25) is 5.75 Å². The number of fused-ring (bicyclic) bond motifs is 2. The number of ether oxygens (including phenoxy) is 4. The average Bonchev–Trinajstić information content (AvgIpc) is 3.41. The van der Waals surface area contributed by atoms with Crippen molar-refractivity contribution in [2.75, 3.05) is 28.4 Å². The third-order valence-corrected chi connectivity index (χ3v) is 5.41. The van der Waals surface area contributed by atoms with Gasteiger partial charge in [0.1, 0.15) is 0 Å². The van der Waals surface area contributed by atoms with Crippen LogP contribution in [-0.2, 0) is 0 Å². The van der Waals surface area contributed by atoms with E-state index in [4.69, 9.17) is 23.9 Å². The molecule has 5 rings (SSSR count).